The summed E-state index contributed by atoms with van der Waals surface area (Å²) in [5.41, 5.74) is -5.15. The van der Waals surface area contributed by atoms with Crippen LogP contribution in [0.15, 0.2) is 0 Å². The Bertz CT molecular complexity index is 4250. The molecule has 0 saturated heterocycles. The molecule has 530 valence electrons. The van der Waals surface area contributed by atoms with Crippen LogP contribution in [0, 0.1) is 0 Å². The van der Waals surface area contributed by atoms with Gasteiger partial charge >= 0.3 is 0 Å². The Morgan fingerprint density at radius 1 is 0.0700 bits per heavy atom. The van der Waals surface area contributed by atoms with E-state index < -0.39 is 238 Å². The van der Waals surface area contributed by atoms with Crippen molar-refractivity contribution in [1.82, 2.24) is 0 Å². The van der Waals surface area contributed by atoms with Gasteiger partial charge in [0.05, 0.1) is 211 Å². The molecule has 9 aromatic carbocycles. The summed E-state index contributed by atoms with van der Waals surface area (Å²) in [6.45, 7) is 0. The zero-order valence-corrected chi connectivity index (χ0v) is 76.9. The molecular formula is C58H4Cl42. The average molecular weight is 2190 g/mol. The Morgan fingerprint density at radius 3 is 0.200 bits per heavy atom. The number of rotatable bonds is 12. The van der Waals surface area contributed by atoms with Crippen LogP contribution in [-0.4, -0.2) is 0 Å². The maximum Gasteiger partial charge on any atom is 0.0809 e. The molecule has 0 aromatic heterocycles. The van der Waals surface area contributed by atoms with Gasteiger partial charge in [-0.3, -0.25) is 0 Å². The van der Waals surface area contributed by atoms with E-state index in [-0.39, 0.29) is 63.5 Å². The first kappa shape index (κ1) is 89.1. The monoisotopic (exact) mass is 2170 g/mol. The smallest absolute Gasteiger partial charge is 0.0809 e. The molecule has 0 bridgehead atoms. The third-order valence-corrected chi connectivity index (χ3v) is 34.0. The van der Waals surface area contributed by atoms with Gasteiger partial charge < -0.3 is 0 Å². The molecule has 0 N–H and O–H groups in total. The van der Waals surface area contributed by atoms with E-state index in [9.17, 15) is 0 Å². The number of hydrogen-bond acceptors (Lipinski definition) is 0. The molecule has 9 rings (SSSR count). The Balaban J connectivity index is 1.65. The summed E-state index contributed by atoms with van der Waals surface area (Å²) in [4.78, 5) is 0. The zero-order chi connectivity index (χ0) is 75.5. The van der Waals surface area contributed by atoms with E-state index >= 15 is 0 Å². The van der Waals surface area contributed by atoms with Gasteiger partial charge in [-0.25, -0.2) is 0 Å². The minimum absolute atomic E-state index is 0.344. The van der Waals surface area contributed by atoms with Gasteiger partial charge in [-0.15, -0.1) is 0 Å². The molecule has 9 aromatic rings. The quantitative estimate of drug-likeness (QED) is 0.0650. The predicted octanol–water partition coefficient (Wildman–Crippen LogP) is 41.9. The molecule has 0 fully saturated rings. The molecule has 0 aliphatic rings. The van der Waals surface area contributed by atoms with Crippen LogP contribution in [-0.2, 0) is 0 Å². The second-order valence-electron chi connectivity index (χ2n) is 19.9. The lowest BCUT2D eigenvalue weighted by Gasteiger charge is -2.34. The molecule has 0 saturated carbocycles. The fraction of sp³-hybridized carbons (Fsp3) is 0.0690. The molecule has 0 atom stereocenters. The summed E-state index contributed by atoms with van der Waals surface area (Å²) in [6.07, 6.45) is 0. The van der Waals surface area contributed by atoms with Gasteiger partial charge in [0.1, 0.15) is 0 Å². The summed E-state index contributed by atoms with van der Waals surface area (Å²) in [6, 6.07) is 0. The van der Waals surface area contributed by atoms with E-state index in [0.29, 0.717) is 0 Å². The van der Waals surface area contributed by atoms with E-state index in [1.54, 1.807) is 0 Å². The van der Waals surface area contributed by atoms with E-state index in [0.717, 1.165) is 0 Å². The Hall–Kier alpha value is 5.16. The standard InChI is InChI=1S/C58H4Cl42/c59-17-5(20(62)38(80)23(65)8(17)2(11-26(68)41(83)53(95)42(84)27(11)69)12-28(70)43(85)54(96)44(86)29(12)71)1(6-18(60)9(24(66)39(81)21(6)63)3(13-30(72)45(87)55(97)46(88)31(13)73)14-32(74)47(89)56(98)48(90)33(14)75)7-19(61)10(25(67)40(82)22(7)64)4(15-34(76)49(91)57(99)50(92)35(15)77)16-36(78)51(93)58(100)52(94)37(16)79/h1-4H. The van der Waals surface area contributed by atoms with Crippen LogP contribution in [0.1, 0.15) is 90.4 Å². The minimum atomic E-state index is -2.23. The SMILES string of the molecule is Clc1c(Cl)c(Cl)c(C(c2c(Cl)c(Cl)c(Cl)c(Cl)c2Cl)c2c(Cl)c(Cl)c(Cl)c(C(c3c(Cl)c(Cl)c(Cl)c(C(c4c(Cl)c(Cl)c(Cl)c(Cl)c4Cl)c4c(Cl)c(Cl)c(Cl)c(Cl)c4Cl)c3Cl)c3c(Cl)c(Cl)c(Cl)c(C(c4c(Cl)c(Cl)c(Cl)c(Cl)c4Cl)c4c(Cl)c(Cl)c(Cl)c(Cl)c4Cl)c3Cl)c2Cl)c(Cl)c1Cl. The average Bonchev–Trinajstić information content (AvgIpc) is 0.711. The molecule has 0 amide bonds. The topological polar surface area (TPSA) is 0 Å². The third-order valence-electron chi connectivity index (χ3n) is 14.9. The van der Waals surface area contributed by atoms with Crippen LogP contribution in [0.2, 0.25) is 211 Å². The second-order valence-corrected chi connectivity index (χ2v) is 35.8. The van der Waals surface area contributed by atoms with Crippen molar-refractivity contribution in [2.45, 2.75) is 23.7 Å². The van der Waals surface area contributed by atoms with Crippen LogP contribution < -0.4 is 0 Å². The Labute approximate surface area is 776 Å². The van der Waals surface area contributed by atoms with Crippen LogP contribution in [0.3, 0.4) is 0 Å². The largest absolute Gasteiger partial charge is 0.0836 e. The number of halogens is 42. The number of hydrogen-bond donors (Lipinski definition) is 0. The summed E-state index contributed by atoms with van der Waals surface area (Å²) in [7, 11) is 0. The van der Waals surface area contributed by atoms with Gasteiger partial charge in [0.25, 0.3) is 0 Å². The molecular weight excluding hydrogens is 2190 g/mol. The van der Waals surface area contributed by atoms with Gasteiger partial charge in [-0.2, -0.15) is 0 Å². The molecule has 0 heterocycles. The van der Waals surface area contributed by atoms with Crippen molar-refractivity contribution in [3.05, 3.63) is 278 Å². The van der Waals surface area contributed by atoms with Crippen molar-refractivity contribution in [2.75, 3.05) is 0 Å². The highest BCUT2D eigenvalue weighted by atomic mass is 35.5. The number of benzene rings is 9. The van der Waals surface area contributed by atoms with Crippen LogP contribution in [0.4, 0.5) is 0 Å². The fourth-order valence-electron chi connectivity index (χ4n) is 10.5. The first-order chi connectivity index (χ1) is 46.2. The minimum Gasteiger partial charge on any atom is -0.0836 e. The first-order valence-electron chi connectivity index (χ1n) is 24.9. The molecule has 42 heteroatoms. The summed E-state index contributed by atoms with van der Waals surface area (Å²) >= 11 is 302. The molecule has 0 nitrogen and oxygen atoms in total. The second kappa shape index (κ2) is 34.5. The first-order valence-corrected chi connectivity index (χ1v) is 40.8. The van der Waals surface area contributed by atoms with Gasteiger partial charge in [0.15, 0.2) is 0 Å². The van der Waals surface area contributed by atoms with Crippen molar-refractivity contribution in [1.29, 1.82) is 0 Å². The van der Waals surface area contributed by atoms with Crippen LogP contribution in [0.5, 0.6) is 0 Å². The zero-order valence-electron chi connectivity index (χ0n) is 45.2. The molecule has 100 heavy (non-hydrogen) atoms. The van der Waals surface area contributed by atoms with Crippen molar-refractivity contribution in [3.8, 4) is 0 Å². The molecule has 0 radical (unpaired) electrons. The molecule has 0 aliphatic carbocycles. The lowest BCUT2D eigenvalue weighted by atomic mass is 9.76. The lowest BCUT2D eigenvalue weighted by Crippen LogP contribution is -2.17. The molecule has 0 spiro atoms. The molecule has 0 aliphatic heterocycles. The van der Waals surface area contributed by atoms with Crippen molar-refractivity contribution in [3.63, 3.8) is 0 Å². The van der Waals surface area contributed by atoms with Gasteiger partial charge in [0, 0.05) is 90.4 Å². The van der Waals surface area contributed by atoms with E-state index in [1.165, 1.54) is 0 Å². The lowest BCUT2D eigenvalue weighted by molar-refractivity contribution is 0.916. The highest BCUT2D eigenvalue weighted by Crippen LogP contribution is 2.67. The summed E-state index contributed by atoms with van der Waals surface area (Å²) in [5, 5.41) is -20.4. The van der Waals surface area contributed by atoms with Gasteiger partial charge in [-0.1, -0.05) is 487 Å². The Morgan fingerprint density at radius 2 is 0.120 bits per heavy atom. The maximum absolute atomic E-state index is 8.13. The van der Waals surface area contributed by atoms with Crippen LogP contribution in [0.25, 0.3) is 0 Å². The van der Waals surface area contributed by atoms with Gasteiger partial charge in [0.2, 0.25) is 0 Å². The van der Waals surface area contributed by atoms with E-state index in [4.69, 9.17) is 487 Å². The highest BCUT2D eigenvalue weighted by molar-refractivity contribution is 6.63. The van der Waals surface area contributed by atoms with Gasteiger partial charge in [-0.05, 0) is 0 Å². The van der Waals surface area contributed by atoms with Crippen LogP contribution >= 0.6 is 487 Å². The van der Waals surface area contributed by atoms with Crippen molar-refractivity contribution in [2.24, 2.45) is 0 Å². The summed E-state index contributed by atoms with van der Waals surface area (Å²) < 4.78 is 0. The van der Waals surface area contributed by atoms with Crippen molar-refractivity contribution < 1.29 is 0 Å². The van der Waals surface area contributed by atoms with Crippen molar-refractivity contribution >= 4 is 487 Å². The highest BCUT2D eigenvalue weighted by Gasteiger charge is 2.46. The summed E-state index contributed by atoms with van der Waals surface area (Å²) in [5.74, 6) is -7.96. The Kier molecular flexibility index (Phi) is 30.8. The normalized spacial score (nSPS) is 12.1. The molecule has 0 unspecified atom stereocenters. The fourth-order valence-corrected chi connectivity index (χ4v) is 22.8. The maximum atomic E-state index is 8.13. The van der Waals surface area contributed by atoms with E-state index in [2.05, 4.69) is 0 Å². The van der Waals surface area contributed by atoms with E-state index in [1.807, 2.05) is 0 Å². The predicted molar refractivity (Wildman–Crippen MR) is 452 cm³/mol. The third kappa shape index (κ3) is 14.9.